The number of hydrogen-bond acceptors (Lipinski definition) is 5. The largest absolute Gasteiger partial charge is 0.382 e. The van der Waals surface area contributed by atoms with Crippen molar-refractivity contribution in [1.29, 1.82) is 0 Å². The fourth-order valence-electron chi connectivity index (χ4n) is 3.53. The maximum absolute atomic E-state index is 14.2. The number of hydrogen-bond donors (Lipinski definition) is 2. The van der Waals surface area contributed by atoms with Crippen LogP contribution in [-0.4, -0.2) is 20.4 Å². The van der Waals surface area contributed by atoms with Gasteiger partial charge in [0.25, 0.3) is 5.91 Å². The Morgan fingerprint density at radius 1 is 1.00 bits per heavy atom. The molecule has 1 amide bonds. The maximum atomic E-state index is 14.2. The summed E-state index contributed by atoms with van der Waals surface area (Å²) in [7, 11) is 1.60. The average molecular weight is 461 g/mol. The molecule has 9 heteroatoms. The predicted molar refractivity (Wildman–Crippen MR) is 125 cm³/mol. The molecule has 7 nitrogen and oxygen atoms in total. The highest BCUT2D eigenvalue weighted by molar-refractivity contribution is 5.95. The number of nitrogen functional groups attached to an aromatic ring is 1. The molecule has 0 radical (unpaired) electrons. The number of pyridine rings is 1. The van der Waals surface area contributed by atoms with Crippen molar-refractivity contribution in [3.8, 4) is 22.5 Å². The van der Waals surface area contributed by atoms with Gasteiger partial charge in [-0.3, -0.25) is 9.59 Å². The minimum atomic E-state index is -0.630. The quantitative estimate of drug-likeness (QED) is 0.473. The zero-order valence-electron chi connectivity index (χ0n) is 18.5. The van der Waals surface area contributed by atoms with Gasteiger partial charge in [-0.15, -0.1) is 0 Å². The van der Waals surface area contributed by atoms with Crippen LogP contribution in [0.1, 0.15) is 21.6 Å². The number of benzene rings is 2. The number of carbonyl (C=O) groups is 1. The molecule has 0 unspecified atom stereocenters. The van der Waals surface area contributed by atoms with E-state index < -0.39 is 17.5 Å². The summed E-state index contributed by atoms with van der Waals surface area (Å²) < 4.78 is 29.0. The van der Waals surface area contributed by atoms with E-state index >= 15 is 0 Å². The topological polar surface area (TPSA) is 103 Å². The molecule has 3 N–H and O–H groups in total. The highest BCUT2D eigenvalue weighted by Crippen LogP contribution is 2.30. The second kappa shape index (κ2) is 9.22. The van der Waals surface area contributed by atoms with Gasteiger partial charge in [0.05, 0.1) is 23.5 Å². The predicted octanol–water partition coefficient (Wildman–Crippen LogP) is 3.61. The van der Waals surface area contributed by atoms with Crippen molar-refractivity contribution >= 4 is 11.7 Å². The summed E-state index contributed by atoms with van der Waals surface area (Å²) in [6.07, 6.45) is 1.60. The Bertz CT molecular complexity index is 1430. The van der Waals surface area contributed by atoms with E-state index in [9.17, 15) is 18.4 Å². The molecule has 0 aliphatic rings. The molecule has 0 spiro atoms. The molecule has 0 saturated carbocycles. The van der Waals surface area contributed by atoms with Crippen LogP contribution in [0.4, 0.5) is 14.6 Å². The number of amides is 1. The first kappa shape index (κ1) is 22.8. The molecule has 0 aliphatic carbocycles. The number of carbonyl (C=O) groups excluding carboxylic acids is 1. The minimum Gasteiger partial charge on any atom is -0.382 e. The van der Waals surface area contributed by atoms with E-state index in [1.54, 1.807) is 44.4 Å². The van der Waals surface area contributed by atoms with E-state index in [0.717, 1.165) is 0 Å². The van der Waals surface area contributed by atoms with Crippen LogP contribution in [0.15, 0.2) is 65.6 Å². The van der Waals surface area contributed by atoms with Crippen molar-refractivity contribution in [1.82, 2.24) is 19.9 Å². The standard InChI is InChI=1S/C25H21F2N5O2/c1-14-4-3-5-18(27)21(14)25(34)29-12-19-24(28)31-22(15-6-9-17(26)10-7-15)23(30-19)16-8-11-20(33)32(2)13-16/h3-11,13H,12H2,1-2H3,(H2,28,31)(H,29,34). The fourth-order valence-corrected chi connectivity index (χ4v) is 3.53. The van der Waals surface area contributed by atoms with Crippen molar-refractivity contribution in [3.05, 3.63) is 99.6 Å². The molecule has 0 fully saturated rings. The first-order valence-corrected chi connectivity index (χ1v) is 10.4. The first-order chi connectivity index (χ1) is 16.2. The van der Waals surface area contributed by atoms with Crippen LogP contribution in [0.3, 0.4) is 0 Å². The zero-order chi connectivity index (χ0) is 24.4. The molecule has 0 aliphatic heterocycles. The highest BCUT2D eigenvalue weighted by atomic mass is 19.1. The summed E-state index contributed by atoms with van der Waals surface area (Å²) in [5.41, 5.74) is 8.56. The van der Waals surface area contributed by atoms with Crippen LogP contribution in [0.5, 0.6) is 0 Å². The molecule has 0 saturated heterocycles. The van der Waals surface area contributed by atoms with E-state index in [1.807, 2.05) is 0 Å². The lowest BCUT2D eigenvalue weighted by molar-refractivity contribution is 0.0946. The Balaban J connectivity index is 1.75. The van der Waals surface area contributed by atoms with Gasteiger partial charge in [0.15, 0.2) is 0 Å². The third kappa shape index (κ3) is 4.54. The van der Waals surface area contributed by atoms with E-state index in [2.05, 4.69) is 15.3 Å². The van der Waals surface area contributed by atoms with E-state index in [4.69, 9.17) is 5.73 Å². The van der Waals surface area contributed by atoms with Crippen LogP contribution >= 0.6 is 0 Å². The van der Waals surface area contributed by atoms with Gasteiger partial charge in [0, 0.05) is 30.4 Å². The Hall–Kier alpha value is -4.40. The number of nitrogens with zero attached hydrogens (tertiary/aromatic N) is 3. The molecule has 2 aromatic carbocycles. The van der Waals surface area contributed by atoms with Crippen LogP contribution in [0.25, 0.3) is 22.5 Å². The molecule has 34 heavy (non-hydrogen) atoms. The molecule has 4 aromatic rings. The fraction of sp³-hybridized carbons (Fsp3) is 0.120. The lowest BCUT2D eigenvalue weighted by Crippen LogP contribution is -2.26. The summed E-state index contributed by atoms with van der Waals surface area (Å²) in [4.78, 5) is 33.6. The second-order valence-electron chi connectivity index (χ2n) is 7.74. The van der Waals surface area contributed by atoms with Crippen LogP contribution in [0.2, 0.25) is 0 Å². The lowest BCUT2D eigenvalue weighted by atomic mass is 10.0. The number of nitrogens with one attached hydrogen (secondary N) is 1. The van der Waals surface area contributed by atoms with Crippen LogP contribution in [-0.2, 0) is 13.6 Å². The van der Waals surface area contributed by atoms with Crippen molar-refractivity contribution in [2.24, 2.45) is 7.05 Å². The lowest BCUT2D eigenvalue weighted by Gasteiger charge is -2.14. The van der Waals surface area contributed by atoms with Crippen molar-refractivity contribution in [2.75, 3.05) is 5.73 Å². The van der Waals surface area contributed by atoms with E-state index in [-0.39, 0.29) is 29.2 Å². The number of nitrogens with two attached hydrogens (primary N) is 1. The molecule has 172 valence electrons. The van der Waals surface area contributed by atoms with Gasteiger partial charge in [0.1, 0.15) is 23.1 Å². The maximum Gasteiger partial charge on any atom is 0.254 e. The van der Waals surface area contributed by atoms with Gasteiger partial charge >= 0.3 is 0 Å². The number of aryl methyl sites for hydroxylation is 2. The third-order valence-electron chi connectivity index (χ3n) is 5.34. The molecule has 0 bridgehead atoms. The van der Waals surface area contributed by atoms with Crippen LogP contribution in [0, 0.1) is 18.6 Å². The number of aromatic nitrogens is 3. The smallest absolute Gasteiger partial charge is 0.254 e. The van der Waals surface area contributed by atoms with Gasteiger partial charge in [-0.2, -0.15) is 0 Å². The Morgan fingerprint density at radius 3 is 2.35 bits per heavy atom. The van der Waals surface area contributed by atoms with Crippen molar-refractivity contribution in [2.45, 2.75) is 13.5 Å². The van der Waals surface area contributed by atoms with Gasteiger partial charge < -0.3 is 15.6 Å². The first-order valence-electron chi connectivity index (χ1n) is 10.4. The van der Waals surface area contributed by atoms with Crippen molar-refractivity contribution < 1.29 is 13.6 Å². The molecule has 0 atom stereocenters. The second-order valence-corrected chi connectivity index (χ2v) is 7.74. The van der Waals surface area contributed by atoms with Gasteiger partial charge in [-0.05, 0) is 48.9 Å². The molecule has 2 heterocycles. The van der Waals surface area contributed by atoms with Gasteiger partial charge in [-0.25, -0.2) is 18.7 Å². The zero-order valence-corrected chi connectivity index (χ0v) is 18.5. The molecular weight excluding hydrogens is 440 g/mol. The molecule has 2 aromatic heterocycles. The van der Waals surface area contributed by atoms with Gasteiger partial charge in [-0.1, -0.05) is 12.1 Å². The van der Waals surface area contributed by atoms with Gasteiger partial charge in [0.2, 0.25) is 5.56 Å². The van der Waals surface area contributed by atoms with E-state index in [0.29, 0.717) is 28.1 Å². The molecular formula is C25H21F2N5O2. The third-order valence-corrected chi connectivity index (χ3v) is 5.34. The Kier molecular flexibility index (Phi) is 6.18. The minimum absolute atomic E-state index is 0.0541. The number of anilines is 1. The number of rotatable bonds is 5. The number of halogens is 2. The summed E-state index contributed by atoms with van der Waals surface area (Å²) in [5, 5.41) is 2.64. The Labute approximate surface area is 193 Å². The summed E-state index contributed by atoms with van der Waals surface area (Å²) in [6.45, 7) is 1.54. The van der Waals surface area contributed by atoms with E-state index in [1.165, 1.54) is 34.9 Å². The molecule has 4 rings (SSSR count). The summed E-state index contributed by atoms with van der Waals surface area (Å²) >= 11 is 0. The van der Waals surface area contributed by atoms with Crippen molar-refractivity contribution in [3.63, 3.8) is 0 Å². The normalized spacial score (nSPS) is 10.8. The monoisotopic (exact) mass is 461 g/mol. The summed E-state index contributed by atoms with van der Waals surface area (Å²) in [5.74, 6) is -1.59. The summed E-state index contributed by atoms with van der Waals surface area (Å²) in [6, 6.07) is 13.1. The average Bonchev–Trinajstić information content (AvgIpc) is 2.80. The Morgan fingerprint density at radius 2 is 1.68 bits per heavy atom. The SMILES string of the molecule is Cc1cccc(F)c1C(=O)NCc1nc(-c2ccc(=O)n(C)c2)c(-c2ccc(F)cc2)nc1N. The van der Waals surface area contributed by atoms with Crippen LogP contribution < -0.4 is 16.6 Å². The highest BCUT2D eigenvalue weighted by Gasteiger charge is 2.19.